The van der Waals surface area contributed by atoms with Crippen LogP contribution in [0, 0.1) is 0 Å². The third kappa shape index (κ3) is 5.34. The minimum atomic E-state index is -0.907. The Bertz CT molecular complexity index is 346. The number of hydrogen-bond acceptors (Lipinski definition) is 6. The van der Waals surface area contributed by atoms with Crippen molar-refractivity contribution in [2.24, 2.45) is 0 Å². The van der Waals surface area contributed by atoms with E-state index >= 15 is 0 Å². The van der Waals surface area contributed by atoms with Gasteiger partial charge in [-0.25, -0.2) is 0 Å². The van der Waals surface area contributed by atoms with Crippen LogP contribution in [-0.4, -0.2) is 14.6 Å². The Hall–Kier alpha value is -2.63. The minimum absolute atomic E-state index is 0.907. The van der Waals surface area contributed by atoms with Crippen molar-refractivity contribution in [1.29, 1.82) is 0 Å². The first kappa shape index (κ1) is 13.8. The van der Waals surface area contributed by atoms with E-state index in [9.17, 15) is 0 Å². The largest absolute Gasteiger partial charge is 0.862 e. The Morgan fingerprint density at radius 1 is 0.350 bits per heavy atom. The lowest BCUT2D eigenvalue weighted by atomic mass is 10.2. The number of hydrogen-bond donors (Lipinski definition) is 0. The third-order valence-corrected chi connectivity index (χ3v) is 1.94. The van der Waals surface area contributed by atoms with Gasteiger partial charge in [0.15, 0.2) is 0 Å². The van der Waals surface area contributed by atoms with Crippen LogP contribution in [0.3, 0.4) is 0 Å². The van der Waals surface area contributed by atoms with E-state index in [-0.39, 0.29) is 0 Å². The van der Waals surface area contributed by atoms with Gasteiger partial charge in [-0.2, -0.15) is 0 Å². The molecule has 0 aromatic carbocycles. The quantitative estimate of drug-likeness (QED) is 0.631. The predicted molar refractivity (Wildman–Crippen MR) is 72.9 cm³/mol. The topological polar surface area (TPSA) is 55.4 Å². The number of rotatable bonds is 0. The lowest BCUT2D eigenvalue weighted by molar-refractivity contribution is 0.219. The average Bonchev–Trinajstić information content (AvgIpc) is 2.47. The van der Waals surface area contributed by atoms with Gasteiger partial charge < -0.3 is 27.9 Å². The molecule has 20 heavy (non-hydrogen) atoms. The van der Waals surface area contributed by atoms with Gasteiger partial charge in [-0.15, -0.1) is 0 Å². The Balaban J connectivity index is 2.18. The highest BCUT2D eigenvalue weighted by molar-refractivity contribution is 6.37. The molecule has 102 valence electrons. The van der Waals surface area contributed by atoms with Gasteiger partial charge in [-0.1, -0.05) is 0 Å². The maximum absolute atomic E-state index is 5.23. The molecule has 0 amide bonds. The molecule has 0 N–H and O–H groups in total. The Kier molecular flexibility index (Phi) is 5.84. The summed E-state index contributed by atoms with van der Waals surface area (Å²) in [5.41, 5.74) is 0. The van der Waals surface area contributed by atoms with E-state index in [1.165, 1.54) is 37.6 Å². The zero-order chi connectivity index (χ0) is 13.9. The van der Waals surface area contributed by atoms with E-state index in [0.717, 1.165) is 0 Å². The molecule has 6 nitrogen and oxygen atoms in total. The molecule has 0 atom stereocenters. The lowest BCUT2D eigenvalue weighted by Crippen LogP contribution is -2.21. The maximum atomic E-state index is 5.23. The van der Waals surface area contributed by atoms with Gasteiger partial charge in [-0.05, 0) is 36.5 Å². The second kappa shape index (κ2) is 8.47. The highest BCUT2D eigenvalue weighted by atomic mass is 16.7. The summed E-state index contributed by atoms with van der Waals surface area (Å²) in [6.45, 7) is 0. The molecule has 2 bridgehead atoms. The van der Waals surface area contributed by atoms with Crippen LogP contribution >= 0.6 is 0 Å². The van der Waals surface area contributed by atoms with Crippen LogP contribution in [0.2, 0.25) is 0 Å². The summed E-state index contributed by atoms with van der Waals surface area (Å²) in [4.78, 5) is 0. The van der Waals surface area contributed by atoms with E-state index in [1.54, 1.807) is 36.5 Å². The zero-order valence-electron chi connectivity index (χ0n) is 10.5. The highest BCUT2D eigenvalue weighted by Crippen LogP contribution is 2.01. The molecule has 0 unspecified atom stereocenters. The molecule has 0 fully saturated rings. The summed E-state index contributed by atoms with van der Waals surface area (Å²) in [6.07, 6.45) is 18.1. The Morgan fingerprint density at radius 3 is 0.750 bits per heavy atom. The van der Waals surface area contributed by atoms with Crippen LogP contribution in [0.5, 0.6) is 0 Å². The number of allylic oxidation sites excluding steroid dienone is 6. The van der Waals surface area contributed by atoms with Crippen LogP contribution in [0.25, 0.3) is 0 Å². The van der Waals surface area contributed by atoms with Crippen LogP contribution in [0.1, 0.15) is 0 Å². The van der Waals surface area contributed by atoms with Gasteiger partial charge in [0.25, 0.3) is 0 Å². The monoisotopic (exact) mass is 274 g/mol. The number of fused-ring (bicyclic) bond motifs is 9. The normalized spacial score (nSPS) is 18.0. The molecule has 0 spiro atoms. The standard InChI is InChI=1S/C12H12B2O6/c1-2-8-16-14-19-11-5-3-9-17-13(15-7-1)18-10-4-6-12-20-14/h1-12H. The summed E-state index contributed by atoms with van der Waals surface area (Å²) < 4.78 is 31.4. The van der Waals surface area contributed by atoms with Gasteiger partial charge in [0.05, 0.1) is 37.6 Å². The van der Waals surface area contributed by atoms with Gasteiger partial charge >= 0.3 is 14.6 Å². The van der Waals surface area contributed by atoms with Crippen molar-refractivity contribution < 1.29 is 27.9 Å². The first-order valence-corrected chi connectivity index (χ1v) is 5.83. The molecule has 0 aromatic rings. The van der Waals surface area contributed by atoms with Crippen molar-refractivity contribution in [2.75, 3.05) is 0 Å². The molecular weight excluding hydrogens is 262 g/mol. The van der Waals surface area contributed by atoms with Gasteiger partial charge in [0.2, 0.25) is 0 Å². The molecule has 0 saturated heterocycles. The molecule has 0 aromatic heterocycles. The molecule has 0 saturated carbocycles. The molecule has 3 heterocycles. The van der Waals surface area contributed by atoms with Gasteiger partial charge in [0.1, 0.15) is 0 Å². The maximum Gasteiger partial charge on any atom is 0.862 e. The van der Waals surface area contributed by atoms with Crippen molar-refractivity contribution in [1.82, 2.24) is 0 Å². The second-order valence-corrected chi connectivity index (χ2v) is 3.37. The molecule has 0 radical (unpaired) electrons. The van der Waals surface area contributed by atoms with Crippen molar-refractivity contribution in [3.63, 3.8) is 0 Å². The first-order valence-electron chi connectivity index (χ1n) is 5.83. The lowest BCUT2D eigenvalue weighted by Gasteiger charge is -2.10. The molecule has 8 heteroatoms. The van der Waals surface area contributed by atoms with E-state index in [4.69, 9.17) is 27.9 Å². The molecular formula is C12H12B2O6. The summed E-state index contributed by atoms with van der Waals surface area (Å²) >= 11 is 0. The van der Waals surface area contributed by atoms with E-state index < -0.39 is 14.6 Å². The summed E-state index contributed by atoms with van der Waals surface area (Å²) in [6, 6.07) is 0. The molecule has 3 aliphatic heterocycles. The Morgan fingerprint density at radius 2 is 0.550 bits per heavy atom. The summed E-state index contributed by atoms with van der Waals surface area (Å²) in [5, 5.41) is 0. The van der Waals surface area contributed by atoms with Crippen LogP contribution in [-0.2, 0) is 27.9 Å². The highest BCUT2D eigenvalue weighted by Gasteiger charge is 2.25. The fourth-order valence-electron chi connectivity index (χ4n) is 1.12. The Labute approximate surface area is 117 Å². The van der Waals surface area contributed by atoms with Crippen molar-refractivity contribution in [3.8, 4) is 0 Å². The van der Waals surface area contributed by atoms with Crippen molar-refractivity contribution >= 4 is 14.6 Å². The van der Waals surface area contributed by atoms with E-state index in [0.29, 0.717) is 0 Å². The minimum Gasteiger partial charge on any atom is -0.496 e. The molecule has 0 aliphatic carbocycles. The van der Waals surface area contributed by atoms with Crippen LogP contribution in [0.4, 0.5) is 0 Å². The fourth-order valence-corrected chi connectivity index (χ4v) is 1.12. The summed E-state index contributed by atoms with van der Waals surface area (Å²) in [7, 11) is -1.81. The second-order valence-electron chi connectivity index (χ2n) is 3.37. The third-order valence-electron chi connectivity index (χ3n) is 1.94. The fraction of sp³-hybridized carbons (Fsp3) is 0. The van der Waals surface area contributed by atoms with Gasteiger partial charge in [0, 0.05) is 0 Å². The van der Waals surface area contributed by atoms with Crippen LogP contribution < -0.4 is 0 Å². The smallest absolute Gasteiger partial charge is 0.496 e. The average molecular weight is 274 g/mol. The first-order chi connectivity index (χ1) is 9.95. The summed E-state index contributed by atoms with van der Waals surface area (Å²) in [5.74, 6) is 0. The molecule has 3 aliphatic rings. The SMILES string of the molecule is C1=COB2OC=CC=COB(OC=C1)OC=CC=CO2. The molecule has 3 rings (SSSR count). The zero-order valence-corrected chi connectivity index (χ0v) is 10.5. The van der Waals surface area contributed by atoms with E-state index in [2.05, 4.69) is 0 Å². The predicted octanol–water partition coefficient (Wildman–Crippen LogP) is 2.17. The van der Waals surface area contributed by atoms with Gasteiger partial charge in [-0.3, -0.25) is 0 Å². The van der Waals surface area contributed by atoms with Crippen molar-refractivity contribution in [2.45, 2.75) is 0 Å². The van der Waals surface area contributed by atoms with Crippen molar-refractivity contribution in [3.05, 3.63) is 74.0 Å². The van der Waals surface area contributed by atoms with Crippen LogP contribution in [0.15, 0.2) is 74.0 Å². The van der Waals surface area contributed by atoms with E-state index in [1.807, 2.05) is 0 Å².